The maximum atomic E-state index is 12.2. The minimum atomic E-state index is -3.56. The van der Waals surface area contributed by atoms with E-state index < -0.39 is 10.2 Å². The van der Waals surface area contributed by atoms with Gasteiger partial charge < -0.3 is 5.11 Å². The molecular formula is C13H15ClN2O3S. The van der Waals surface area contributed by atoms with Crippen LogP contribution in [-0.2, 0) is 10.2 Å². The molecule has 2 rings (SSSR count). The summed E-state index contributed by atoms with van der Waals surface area (Å²) < 4.78 is 28.3. The molecule has 0 atom stereocenters. The van der Waals surface area contributed by atoms with Gasteiger partial charge in [-0.1, -0.05) is 23.4 Å². The third-order valence-corrected chi connectivity index (χ3v) is 4.69. The molecule has 1 aromatic carbocycles. The number of hydrogen-bond donors (Lipinski definition) is 2. The largest absolute Gasteiger partial charge is 0.384 e. The van der Waals surface area contributed by atoms with E-state index in [4.69, 9.17) is 16.7 Å². The summed E-state index contributed by atoms with van der Waals surface area (Å²) in [4.78, 5) is 0. The first kappa shape index (κ1) is 15.1. The molecule has 0 aromatic heterocycles. The monoisotopic (exact) mass is 314 g/mol. The lowest BCUT2D eigenvalue weighted by Crippen LogP contribution is -2.33. The average molecular weight is 315 g/mol. The fourth-order valence-electron chi connectivity index (χ4n) is 1.98. The van der Waals surface area contributed by atoms with Crippen LogP contribution in [0.15, 0.2) is 18.2 Å². The summed E-state index contributed by atoms with van der Waals surface area (Å²) in [6.07, 6.45) is 1.75. The van der Waals surface area contributed by atoms with Gasteiger partial charge >= 0.3 is 10.2 Å². The molecule has 7 heteroatoms. The van der Waals surface area contributed by atoms with Crippen LogP contribution in [0.4, 0.5) is 5.69 Å². The van der Waals surface area contributed by atoms with Crippen LogP contribution in [-0.4, -0.2) is 37.5 Å². The highest BCUT2D eigenvalue weighted by molar-refractivity contribution is 7.90. The molecule has 0 amide bonds. The van der Waals surface area contributed by atoms with Crippen LogP contribution in [0.2, 0.25) is 5.02 Å². The third kappa shape index (κ3) is 3.64. The predicted molar refractivity (Wildman–Crippen MR) is 78.8 cm³/mol. The number of rotatable bonds is 3. The first-order valence-corrected chi connectivity index (χ1v) is 8.02. The minimum Gasteiger partial charge on any atom is -0.384 e. The van der Waals surface area contributed by atoms with Gasteiger partial charge in [-0.3, -0.25) is 4.72 Å². The van der Waals surface area contributed by atoms with E-state index in [9.17, 15) is 8.42 Å². The maximum absolute atomic E-state index is 12.2. The highest BCUT2D eigenvalue weighted by Crippen LogP contribution is 2.23. The van der Waals surface area contributed by atoms with E-state index in [1.54, 1.807) is 18.2 Å². The molecule has 0 aliphatic carbocycles. The Morgan fingerprint density at radius 3 is 2.70 bits per heavy atom. The predicted octanol–water partition coefficient (Wildman–Crippen LogP) is 1.44. The van der Waals surface area contributed by atoms with E-state index >= 15 is 0 Å². The van der Waals surface area contributed by atoms with E-state index in [-0.39, 0.29) is 6.61 Å². The van der Waals surface area contributed by atoms with Crippen molar-refractivity contribution in [2.45, 2.75) is 12.8 Å². The summed E-state index contributed by atoms with van der Waals surface area (Å²) in [7, 11) is -3.56. The number of hydrogen-bond acceptors (Lipinski definition) is 3. The Labute approximate surface area is 123 Å². The zero-order valence-electron chi connectivity index (χ0n) is 10.8. The second-order valence-corrected chi connectivity index (χ2v) is 6.47. The number of benzene rings is 1. The van der Waals surface area contributed by atoms with Gasteiger partial charge in [0.2, 0.25) is 0 Å². The molecule has 1 aromatic rings. The van der Waals surface area contributed by atoms with Crippen LogP contribution >= 0.6 is 11.6 Å². The van der Waals surface area contributed by atoms with Crippen LogP contribution in [0.5, 0.6) is 0 Å². The first-order chi connectivity index (χ1) is 9.53. The van der Waals surface area contributed by atoms with Crippen molar-refractivity contribution in [3.63, 3.8) is 0 Å². The highest BCUT2D eigenvalue weighted by atomic mass is 35.5. The molecule has 0 unspecified atom stereocenters. The number of anilines is 1. The SMILES string of the molecule is O=S(=O)(Nc1ccc(Cl)cc1C#CCO)N1CCCC1. The van der Waals surface area contributed by atoms with E-state index in [1.165, 1.54) is 4.31 Å². The molecule has 5 nitrogen and oxygen atoms in total. The molecule has 0 bridgehead atoms. The Morgan fingerprint density at radius 1 is 1.35 bits per heavy atom. The Bertz CT molecular complexity index is 643. The molecule has 0 spiro atoms. The molecule has 20 heavy (non-hydrogen) atoms. The molecule has 0 radical (unpaired) electrons. The second kappa shape index (κ2) is 6.46. The van der Waals surface area contributed by atoms with Crippen LogP contribution in [0.25, 0.3) is 0 Å². The lowest BCUT2D eigenvalue weighted by Gasteiger charge is -2.17. The van der Waals surface area contributed by atoms with E-state index in [1.807, 2.05) is 0 Å². The molecular weight excluding hydrogens is 300 g/mol. The summed E-state index contributed by atoms with van der Waals surface area (Å²) in [5, 5.41) is 9.19. The van der Waals surface area contributed by atoms with Gasteiger partial charge in [0, 0.05) is 18.1 Å². The number of halogens is 1. The van der Waals surface area contributed by atoms with Gasteiger partial charge in [0.25, 0.3) is 0 Å². The zero-order valence-corrected chi connectivity index (χ0v) is 12.3. The molecule has 0 saturated carbocycles. The van der Waals surface area contributed by atoms with Gasteiger partial charge in [0.1, 0.15) is 6.61 Å². The fraction of sp³-hybridized carbons (Fsp3) is 0.385. The molecule has 1 aliphatic rings. The summed E-state index contributed by atoms with van der Waals surface area (Å²) in [6, 6.07) is 4.72. The minimum absolute atomic E-state index is 0.301. The lowest BCUT2D eigenvalue weighted by molar-refractivity contribution is 0.350. The van der Waals surface area contributed by atoms with Crippen molar-refractivity contribution >= 4 is 27.5 Å². The van der Waals surface area contributed by atoms with Crippen LogP contribution < -0.4 is 4.72 Å². The van der Waals surface area contributed by atoms with E-state index in [0.717, 1.165) is 12.8 Å². The van der Waals surface area contributed by atoms with Crippen molar-refractivity contribution in [1.29, 1.82) is 0 Å². The Hall–Kier alpha value is -1.26. The van der Waals surface area contributed by atoms with Crippen LogP contribution in [0.1, 0.15) is 18.4 Å². The van der Waals surface area contributed by atoms with Gasteiger partial charge in [0.05, 0.1) is 11.3 Å². The molecule has 1 heterocycles. The first-order valence-electron chi connectivity index (χ1n) is 6.20. The van der Waals surface area contributed by atoms with Crippen molar-refractivity contribution in [3.05, 3.63) is 28.8 Å². The Balaban J connectivity index is 2.28. The number of nitrogens with zero attached hydrogens (tertiary/aromatic N) is 1. The van der Waals surface area contributed by atoms with Gasteiger partial charge in [0.15, 0.2) is 0 Å². The summed E-state index contributed by atoms with van der Waals surface area (Å²) in [5.74, 6) is 5.17. The summed E-state index contributed by atoms with van der Waals surface area (Å²) >= 11 is 5.88. The maximum Gasteiger partial charge on any atom is 0.301 e. The van der Waals surface area contributed by atoms with Gasteiger partial charge in [-0.25, -0.2) is 0 Å². The standard InChI is InChI=1S/C13H15ClN2O3S/c14-12-5-6-13(11(10-12)4-3-9-17)15-20(18,19)16-7-1-2-8-16/h5-6,10,15,17H,1-2,7-9H2. The normalized spacial score (nSPS) is 15.7. The number of aliphatic hydroxyl groups excluding tert-OH is 1. The van der Waals surface area contributed by atoms with Crippen molar-refractivity contribution in [1.82, 2.24) is 4.31 Å². The Morgan fingerprint density at radius 2 is 2.05 bits per heavy atom. The molecule has 1 fully saturated rings. The van der Waals surface area contributed by atoms with Crippen molar-refractivity contribution in [2.75, 3.05) is 24.4 Å². The molecule has 2 N–H and O–H groups in total. The third-order valence-electron chi connectivity index (χ3n) is 2.93. The number of nitrogens with one attached hydrogen (secondary N) is 1. The fourth-order valence-corrected chi connectivity index (χ4v) is 3.47. The average Bonchev–Trinajstić information content (AvgIpc) is 2.93. The van der Waals surface area contributed by atoms with Crippen LogP contribution in [0, 0.1) is 11.8 Å². The second-order valence-electron chi connectivity index (χ2n) is 4.36. The van der Waals surface area contributed by atoms with Gasteiger partial charge in [-0.2, -0.15) is 12.7 Å². The van der Waals surface area contributed by atoms with Crippen molar-refractivity contribution in [3.8, 4) is 11.8 Å². The van der Waals surface area contributed by atoms with Crippen molar-refractivity contribution in [2.24, 2.45) is 0 Å². The smallest absolute Gasteiger partial charge is 0.301 e. The molecule has 108 valence electrons. The lowest BCUT2D eigenvalue weighted by atomic mass is 10.2. The number of aliphatic hydroxyl groups is 1. The zero-order chi connectivity index (χ0) is 14.6. The van der Waals surface area contributed by atoms with Gasteiger partial charge in [-0.15, -0.1) is 0 Å². The topological polar surface area (TPSA) is 69.6 Å². The van der Waals surface area contributed by atoms with Gasteiger partial charge in [-0.05, 0) is 31.0 Å². The molecule has 1 aliphatic heterocycles. The van der Waals surface area contributed by atoms with Crippen LogP contribution in [0.3, 0.4) is 0 Å². The van der Waals surface area contributed by atoms with E-state index in [2.05, 4.69) is 16.6 Å². The highest BCUT2D eigenvalue weighted by Gasteiger charge is 2.25. The Kier molecular flexibility index (Phi) is 4.89. The molecule has 1 saturated heterocycles. The quantitative estimate of drug-likeness (QED) is 0.829. The summed E-state index contributed by atoms with van der Waals surface area (Å²) in [5.41, 5.74) is 0.802. The van der Waals surface area contributed by atoms with E-state index in [0.29, 0.717) is 29.4 Å². The summed E-state index contributed by atoms with van der Waals surface area (Å²) in [6.45, 7) is 0.756. The van der Waals surface area contributed by atoms with Crippen molar-refractivity contribution < 1.29 is 13.5 Å².